The number of hydrogen-bond donors (Lipinski definition) is 1. The number of nitrogens with zero attached hydrogens (tertiary/aromatic N) is 1. The Morgan fingerprint density at radius 2 is 2.05 bits per heavy atom. The zero-order chi connectivity index (χ0) is 15.3. The minimum Gasteiger partial charge on any atom is -0.492 e. The monoisotopic (exact) mass is 292 g/mol. The van der Waals surface area contributed by atoms with E-state index in [2.05, 4.69) is 43.1 Å². The molecule has 1 aliphatic rings. The Labute approximate surface area is 128 Å². The number of morpholine rings is 1. The predicted octanol–water partition coefficient (Wildman–Crippen LogP) is 2.28. The van der Waals surface area contributed by atoms with Crippen molar-refractivity contribution in [3.8, 4) is 5.75 Å². The molecule has 1 aliphatic heterocycles. The number of hydrogen-bond acceptors (Lipinski definition) is 4. The zero-order valence-corrected chi connectivity index (χ0v) is 13.7. The van der Waals surface area contributed by atoms with Crippen LogP contribution in [0.4, 0.5) is 0 Å². The minimum absolute atomic E-state index is 0.0630. The maximum atomic E-state index is 5.92. The third-order valence-corrected chi connectivity index (χ3v) is 3.62. The Balaban J connectivity index is 1.76. The lowest BCUT2D eigenvalue weighted by atomic mass is 10.1. The van der Waals surface area contributed by atoms with Crippen molar-refractivity contribution in [1.29, 1.82) is 0 Å². The topological polar surface area (TPSA) is 33.7 Å². The molecular weight excluding hydrogens is 264 g/mol. The number of ether oxygens (including phenoxy) is 2. The normalized spacial score (nSPS) is 22.2. The summed E-state index contributed by atoms with van der Waals surface area (Å²) in [7, 11) is 1.95. The molecule has 1 fully saturated rings. The summed E-state index contributed by atoms with van der Waals surface area (Å²) in [6.07, 6.45) is 0.287. The highest BCUT2D eigenvalue weighted by Gasteiger charge is 2.30. The minimum atomic E-state index is -0.0630. The van der Waals surface area contributed by atoms with Crippen LogP contribution in [0.5, 0.6) is 5.75 Å². The van der Waals surface area contributed by atoms with E-state index in [0.29, 0.717) is 6.61 Å². The van der Waals surface area contributed by atoms with E-state index in [0.717, 1.165) is 31.9 Å². The molecule has 1 N–H and O–H groups in total. The molecule has 1 heterocycles. The van der Waals surface area contributed by atoms with E-state index in [1.54, 1.807) is 0 Å². The largest absolute Gasteiger partial charge is 0.492 e. The van der Waals surface area contributed by atoms with Crippen LogP contribution in [-0.4, -0.2) is 49.9 Å². The summed E-state index contributed by atoms with van der Waals surface area (Å²) in [4.78, 5) is 2.42. The maximum Gasteiger partial charge on any atom is 0.119 e. The molecule has 4 heteroatoms. The fourth-order valence-electron chi connectivity index (χ4n) is 2.96. The first kappa shape index (κ1) is 16.3. The number of nitrogens with one attached hydrogen (secondary N) is 1. The first-order valence-corrected chi connectivity index (χ1v) is 7.75. The van der Waals surface area contributed by atoms with Gasteiger partial charge in [0.1, 0.15) is 12.4 Å². The fraction of sp³-hybridized carbons (Fsp3) is 0.647. The van der Waals surface area contributed by atoms with Gasteiger partial charge in [-0.15, -0.1) is 0 Å². The van der Waals surface area contributed by atoms with Gasteiger partial charge in [-0.25, -0.2) is 0 Å². The Morgan fingerprint density at radius 1 is 1.33 bits per heavy atom. The highest BCUT2D eigenvalue weighted by molar-refractivity contribution is 5.27. The third kappa shape index (κ3) is 5.30. The molecule has 21 heavy (non-hydrogen) atoms. The molecule has 0 radical (unpaired) electrons. The van der Waals surface area contributed by atoms with E-state index < -0.39 is 0 Å². The van der Waals surface area contributed by atoms with E-state index in [-0.39, 0.29) is 11.7 Å². The third-order valence-electron chi connectivity index (χ3n) is 3.62. The second kappa shape index (κ2) is 7.25. The Hall–Kier alpha value is -1.10. The average Bonchev–Trinajstić information content (AvgIpc) is 2.39. The summed E-state index contributed by atoms with van der Waals surface area (Å²) >= 11 is 0. The second-order valence-electron chi connectivity index (χ2n) is 6.45. The highest BCUT2D eigenvalue weighted by atomic mass is 16.5. The van der Waals surface area contributed by atoms with E-state index in [4.69, 9.17) is 9.47 Å². The maximum absolute atomic E-state index is 5.92. The summed E-state index contributed by atoms with van der Waals surface area (Å²) in [5.74, 6) is 0.940. The van der Waals surface area contributed by atoms with Crippen LogP contribution in [0.3, 0.4) is 0 Å². The van der Waals surface area contributed by atoms with Gasteiger partial charge in [0.25, 0.3) is 0 Å². The fourth-order valence-corrected chi connectivity index (χ4v) is 2.96. The summed E-state index contributed by atoms with van der Waals surface area (Å²) in [6.45, 7) is 10.9. The molecule has 4 nitrogen and oxygen atoms in total. The first-order chi connectivity index (χ1) is 9.98. The lowest BCUT2D eigenvalue weighted by Gasteiger charge is -2.41. The van der Waals surface area contributed by atoms with Crippen molar-refractivity contribution in [3.05, 3.63) is 29.8 Å². The van der Waals surface area contributed by atoms with Crippen molar-refractivity contribution < 1.29 is 9.47 Å². The van der Waals surface area contributed by atoms with E-state index >= 15 is 0 Å². The van der Waals surface area contributed by atoms with Crippen molar-refractivity contribution in [3.63, 3.8) is 0 Å². The standard InChI is InChI=1S/C17H28N2O2/c1-14-12-19(13-17(2,3)21-14)9-10-20-16-7-5-15(6-8-16)11-18-4/h5-8,14,18H,9-13H2,1-4H3. The van der Waals surface area contributed by atoms with Gasteiger partial charge >= 0.3 is 0 Å². The molecule has 1 saturated heterocycles. The van der Waals surface area contributed by atoms with Crippen molar-refractivity contribution >= 4 is 0 Å². The lowest BCUT2D eigenvalue weighted by Crippen LogP contribution is -2.52. The molecule has 1 unspecified atom stereocenters. The molecule has 0 saturated carbocycles. The van der Waals surface area contributed by atoms with Gasteiger partial charge in [-0.3, -0.25) is 4.90 Å². The van der Waals surface area contributed by atoms with Crippen LogP contribution in [0.1, 0.15) is 26.3 Å². The van der Waals surface area contributed by atoms with Gasteiger partial charge < -0.3 is 14.8 Å². The number of rotatable bonds is 6. The van der Waals surface area contributed by atoms with Gasteiger partial charge in [0, 0.05) is 26.2 Å². The van der Waals surface area contributed by atoms with Crippen LogP contribution < -0.4 is 10.1 Å². The molecule has 0 aliphatic carbocycles. The molecule has 0 amide bonds. The molecule has 1 atom stereocenters. The second-order valence-corrected chi connectivity index (χ2v) is 6.45. The molecule has 0 aromatic heterocycles. The summed E-state index contributed by atoms with van der Waals surface area (Å²) in [6, 6.07) is 8.29. The van der Waals surface area contributed by atoms with Crippen molar-refractivity contribution in [2.45, 2.75) is 39.0 Å². The zero-order valence-electron chi connectivity index (χ0n) is 13.7. The quantitative estimate of drug-likeness (QED) is 0.872. The Morgan fingerprint density at radius 3 is 2.67 bits per heavy atom. The van der Waals surface area contributed by atoms with Crippen molar-refractivity contribution in [2.24, 2.45) is 0 Å². The predicted molar refractivity (Wildman–Crippen MR) is 85.8 cm³/mol. The van der Waals surface area contributed by atoms with Crippen molar-refractivity contribution in [1.82, 2.24) is 10.2 Å². The Bertz CT molecular complexity index is 431. The van der Waals surface area contributed by atoms with E-state index in [1.165, 1.54) is 5.56 Å². The number of benzene rings is 1. The van der Waals surface area contributed by atoms with Crippen LogP contribution in [-0.2, 0) is 11.3 Å². The van der Waals surface area contributed by atoms with Crippen LogP contribution >= 0.6 is 0 Å². The van der Waals surface area contributed by atoms with Crippen LogP contribution in [0.2, 0.25) is 0 Å². The average molecular weight is 292 g/mol. The summed E-state index contributed by atoms with van der Waals surface area (Å²) in [5.41, 5.74) is 1.21. The Kier molecular flexibility index (Phi) is 5.62. The lowest BCUT2D eigenvalue weighted by molar-refractivity contribution is -0.129. The van der Waals surface area contributed by atoms with E-state index in [9.17, 15) is 0 Å². The van der Waals surface area contributed by atoms with Gasteiger partial charge in [0.15, 0.2) is 0 Å². The van der Waals surface area contributed by atoms with Crippen LogP contribution in [0, 0.1) is 0 Å². The van der Waals surface area contributed by atoms with Gasteiger partial charge in [0.2, 0.25) is 0 Å². The molecule has 1 aromatic carbocycles. The van der Waals surface area contributed by atoms with E-state index in [1.807, 2.05) is 19.2 Å². The highest BCUT2D eigenvalue weighted by Crippen LogP contribution is 2.20. The van der Waals surface area contributed by atoms with Crippen LogP contribution in [0.15, 0.2) is 24.3 Å². The van der Waals surface area contributed by atoms with Gasteiger partial charge in [0.05, 0.1) is 11.7 Å². The molecule has 2 rings (SSSR count). The molecule has 0 bridgehead atoms. The van der Waals surface area contributed by atoms with Crippen molar-refractivity contribution in [2.75, 3.05) is 33.3 Å². The van der Waals surface area contributed by atoms with Gasteiger partial charge in [-0.1, -0.05) is 12.1 Å². The van der Waals surface area contributed by atoms with Gasteiger partial charge in [-0.05, 0) is 45.5 Å². The van der Waals surface area contributed by atoms with Crippen LogP contribution in [0.25, 0.3) is 0 Å². The molecule has 0 spiro atoms. The SMILES string of the molecule is CNCc1ccc(OCCN2CC(C)OC(C)(C)C2)cc1. The summed E-state index contributed by atoms with van der Waals surface area (Å²) < 4.78 is 11.8. The van der Waals surface area contributed by atoms with Gasteiger partial charge in [-0.2, -0.15) is 0 Å². The molecular formula is C17H28N2O2. The smallest absolute Gasteiger partial charge is 0.119 e. The summed E-state index contributed by atoms with van der Waals surface area (Å²) in [5, 5.41) is 3.14. The molecule has 118 valence electrons. The molecule has 1 aromatic rings. The first-order valence-electron chi connectivity index (χ1n) is 7.75.